The largest absolute Gasteiger partial charge is 0.389 e. The lowest BCUT2D eigenvalue weighted by Crippen LogP contribution is -2.11. The van der Waals surface area contributed by atoms with Crippen LogP contribution in [0.1, 0.15) is 18.6 Å². The molecule has 1 atom stereocenters. The third-order valence-electron chi connectivity index (χ3n) is 4.05. The first-order chi connectivity index (χ1) is 11.8. The highest BCUT2D eigenvalue weighted by Gasteiger charge is 2.14. The third kappa shape index (κ3) is 4.23. The Hall–Kier alpha value is -1.83. The summed E-state index contributed by atoms with van der Waals surface area (Å²) in [6.07, 6.45) is 11.7. The molecule has 0 fully saturated rings. The molecule has 0 aliphatic carbocycles. The van der Waals surface area contributed by atoms with Crippen molar-refractivity contribution in [1.82, 2.24) is 19.6 Å². The van der Waals surface area contributed by atoms with Gasteiger partial charge in [0.1, 0.15) is 6.73 Å². The Bertz CT molecular complexity index is 835. The Kier molecular flexibility index (Phi) is 5.17. The predicted molar refractivity (Wildman–Crippen MR) is 104 cm³/mol. The number of hydrogen-bond donors (Lipinski definition) is 1. The fourth-order valence-electron chi connectivity index (χ4n) is 2.64. The van der Waals surface area contributed by atoms with Crippen molar-refractivity contribution in [3.05, 3.63) is 42.4 Å². The number of rotatable bonds is 7. The molecule has 6 nitrogen and oxygen atoms in total. The van der Waals surface area contributed by atoms with Crippen molar-refractivity contribution in [1.29, 1.82) is 0 Å². The van der Waals surface area contributed by atoms with Gasteiger partial charge in [-0.2, -0.15) is 10.2 Å². The van der Waals surface area contributed by atoms with Crippen LogP contribution in [0.25, 0.3) is 16.6 Å². The second kappa shape index (κ2) is 7.19. The smallest absolute Gasteiger partial charge is 0.140 e. The van der Waals surface area contributed by atoms with E-state index in [1.165, 1.54) is 0 Å². The zero-order valence-corrected chi connectivity index (χ0v) is 16.0. The van der Waals surface area contributed by atoms with Gasteiger partial charge in [0.15, 0.2) is 0 Å². The molecule has 25 heavy (non-hydrogen) atoms. The second-order valence-electron chi connectivity index (χ2n) is 7.07. The molecule has 7 heteroatoms. The molecule has 0 radical (unpaired) electrons. The molecule has 2 heterocycles. The summed E-state index contributed by atoms with van der Waals surface area (Å²) < 4.78 is 9.41. The van der Waals surface area contributed by atoms with E-state index < -0.39 is 16.1 Å². The predicted octanol–water partition coefficient (Wildman–Crippen LogP) is 2.94. The number of aliphatic hydroxyl groups excluding tert-OH is 1. The Morgan fingerprint density at radius 3 is 2.68 bits per heavy atom. The normalized spacial score (nSPS) is 14.1. The van der Waals surface area contributed by atoms with Gasteiger partial charge in [0.25, 0.3) is 0 Å². The van der Waals surface area contributed by atoms with E-state index in [1.54, 1.807) is 17.8 Å². The van der Waals surface area contributed by atoms with Gasteiger partial charge in [-0.3, -0.25) is 0 Å². The minimum absolute atomic E-state index is 0.416. The molecule has 0 amide bonds. The average molecular weight is 362 g/mol. The highest BCUT2D eigenvalue weighted by atomic mass is 32.3. The standard InChI is InChI=1S/C18H26N4O2S/c1-14(23)16-11-17-15(10-18(16)21-7-5-6-19-21)12-20-22(17)13-24-8-9-25(2,3)4/h5-7,10-12,14,23H,8-9,13H2,1-4H3. The minimum Gasteiger partial charge on any atom is -0.389 e. The van der Waals surface area contributed by atoms with Gasteiger partial charge >= 0.3 is 0 Å². The maximum absolute atomic E-state index is 10.2. The lowest BCUT2D eigenvalue weighted by atomic mass is 10.1. The number of benzene rings is 1. The van der Waals surface area contributed by atoms with Crippen LogP contribution in [0, 0.1) is 0 Å². The molecule has 0 saturated heterocycles. The monoisotopic (exact) mass is 362 g/mol. The SMILES string of the molecule is CC(O)c1cc2c(cnn2COCCS(C)(C)C)cc1-n1cccn1. The highest BCUT2D eigenvalue weighted by Crippen LogP contribution is 2.33. The molecule has 2 aromatic heterocycles. The van der Waals surface area contributed by atoms with Crippen LogP contribution >= 0.6 is 10.0 Å². The summed E-state index contributed by atoms with van der Waals surface area (Å²) in [5.74, 6) is 1.08. The summed E-state index contributed by atoms with van der Waals surface area (Å²) in [4.78, 5) is 0. The molecule has 0 aliphatic heterocycles. The van der Waals surface area contributed by atoms with Crippen molar-refractivity contribution in [2.75, 3.05) is 31.1 Å². The van der Waals surface area contributed by atoms with Crippen molar-refractivity contribution in [2.45, 2.75) is 19.8 Å². The van der Waals surface area contributed by atoms with Gasteiger partial charge in [0, 0.05) is 29.1 Å². The summed E-state index contributed by atoms with van der Waals surface area (Å²) in [6.45, 7) is 2.91. The van der Waals surface area contributed by atoms with E-state index >= 15 is 0 Å². The Morgan fingerprint density at radius 1 is 1.24 bits per heavy atom. The summed E-state index contributed by atoms with van der Waals surface area (Å²) in [7, 11) is -0.554. The van der Waals surface area contributed by atoms with E-state index in [0.29, 0.717) is 6.73 Å². The van der Waals surface area contributed by atoms with Crippen molar-refractivity contribution in [2.24, 2.45) is 0 Å². The molecule has 1 unspecified atom stereocenters. The van der Waals surface area contributed by atoms with E-state index in [4.69, 9.17) is 4.74 Å². The maximum atomic E-state index is 10.2. The van der Waals surface area contributed by atoms with Gasteiger partial charge in [-0.25, -0.2) is 19.4 Å². The molecule has 1 N–H and O–H groups in total. The number of ether oxygens (including phenoxy) is 1. The second-order valence-corrected chi connectivity index (χ2v) is 11.7. The number of hydrogen-bond acceptors (Lipinski definition) is 4. The van der Waals surface area contributed by atoms with Crippen LogP contribution in [-0.2, 0) is 11.5 Å². The van der Waals surface area contributed by atoms with Gasteiger partial charge in [-0.05, 0) is 43.9 Å². The lowest BCUT2D eigenvalue weighted by molar-refractivity contribution is 0.0840. The number of aromatic nitrogens is 4. The first kappa shape index (κ1) is 18.0. The fraction of sp³-hybridized carbons (Fsp3) is 0.444. The number of aliphatic hydroxyl groups is 1. The van der Waals surface area contributed by atoms with Crippen molar-refractivity contribution in [3.63, 3.8) is 0 Å². The Labute approximate surface area is 149 Å². The van der Waals surface area contributed by atoms with Crippen molar-refractivity contribution >= 4 is 20.9 Å². The van der Waals surface area contributed by atoms with Gasteiger partial charge in [-0.1, -0.05) is 0 Å². The van der Waals surface area contributed by atoms with Crippen LogP contribution in [0.4, 0.5) is 0 Å². The van der Waals surface area contributed by atoms with E-state index in [9.17, 15) is 5.11 Å². The topological polar surface area (TPSA) is 65.1 Å². The molecular weight excluding hydrogens is 336 g/mol. The number of nitrogens with zero attached hydrogens (tertiary/aromatic N) is 4. The van der Waals surface area contributed by atoms with Crippen molar-refractivity contribution in [3.8, 4) is 5.69 Å². The van der Waals surface area contributed by atoms with Gasteiger partial charge in [0.05, 0.1) is 30.1 Å². The molecule has 0 bridgehead atoms. The minimum atomic E-state index is -0.600. The average Bonchev–Trinajstić information content (AvgIpc) is 3.19. The molecule has 3 aromatic rings. The third-order valence-corrected chi connectivity index (χ3v) is 5.44. The van der Waals surface area contributed by atoms with Crippen LogP contribution in [-0.4, -0.2) is 55.8 Å². The molecule has 136 valence electrons. The maximum Gasteiger partial charge on any atom is 0.140 e. The van der Waals surface area contributed by atoms with Gasteiger partial charge < -0.3 is 9.84 Å². The van der Waals surface area contributed by atoms with Crippen LogP contribution in [0.3, 0.4) is 0 Å². The molecular formula is C18H26N4O2S. The van der Waals surface area contributed by atoms with Crippen LogP contribution in [0.15, 0.2) is 36.8 Å². The van der Waals surface area contributed by atoms with Gasteiger partial charge in [0.2, 0.25) is 0 Å². The Balaban J connectivity index is 1.86. The molecule has 3 rings (SSSR count). The zero-order valence-electron chi connectivity index (χ0n) is 15.2. The van der Waals surface area contributed by atoms with E-state index in [-0.39, 0.29) is 0 Å². The fourth-order valence-corrected chi connectivity index (χ4v) is 3.26. The summed E-state index contributed by atoms with van der Waals surface area (Å²) in [5, 5.41) is 19.9. The molecule has 0 saturated carbocycles. The van der Waals surface area contributed by atoms with E-state index in [1.807, 2.05) is 35.3 Å². The summed E-state index contributed by atoms with van der Waals surface area (Å²) >= 11 is 0. The van der Waals surface area contributed by atoms with Crippen molar-refractivity contribution < 1.29 is 9.84 Å². The highest BCUT2D eigenvalue weighted by molar-refractivity contribution is 8.32. The molecule has 0 spiro atoms. The van der Waals surface area contributed by atoms with Gasteiger partial charge in [-0.15, -0.1) is 0 Å². The lowest BCUT2D eigenvalue weighted by Gasteiger charge is -2.24. The van der Waals surface area contributed by atoms with Crippen LogP contribution in [0.2, 0.25) is 0 Å². The summed E-state index contributed by atoms with van der Waals surface area (Å²) in [5.41, 5.74) is 2.64. The summed E-state index contributed by atoms with van der Waals surface area (Å²) in [6, 6.07) is 5.85. The first-order valence-corrected chi connectivity index (χ1v) is 11.3. The zero-order chi connectivity index (χ0) is 18.0. The number of fused-ring (bicyclic) bond motifs is 1. The van der Waals surface area contributed by atoms with Crippen LogP contribution in [0.5, 0.6) is 0 Å². The quantitative estimate of drug-likeness (QED) is 0.656. The van der Waals surface area contributed by atoms with E-state index in [2.05, 4.69) is 29.0 Å². The first-order valence-electron chi connectivity index (χ1n) is 8.26. The molecule has 1 aromatic carbocycles. The van der Waals surface area contributed by atoms with Crippen LogP contribution < -0.4 is 0 Å². The van der Waals surface area contributed by atoms with E-state index in [0.717, 1.165) is 34.5 Å². The Morgan fingerprint density at radius 2 is 2.04 bits per heavy atom. The molecule has 0 aliphatic rings.